The molecule has 1 fully saturated rings. The second kappa shape index (κ2) is 7.99. The number of methoxy groups -OCH3 is 1. The second-order valence-corrected chi connectivity index (χ2v) is 7.18. The third kappa shape index (κ3) is 3.02. The summed E-state index contributed by atoms with van der Waals surface area (Å²) < 4.78 is 5.19. The molecule has 0 aliphatic carbocycles. The number of ether oxygens (including phenoxy) is 1. The Bertz CT molecular complexity index is 812. The molecule has 3 heteroatoms. The van der Waals surface area contributed by atoms with Gasteiger partial charge in [0.25, 0.3) is 0 Å². The standard InChI is InChI=1S/C25H25NO2/c1-28-24(27)23-18-11-19-26(23)25(20-12-5-2-6-13-20,21-14-7-3-8-15-21)22-16-9-4-10-17-22/h2-10,12-17,23H,11,18-19H2,1H3/t23-/m1/s1. The van der Waals surface area contributed by atoms with Crippen LogP contribution >= 0.6 is 0 Å². The third-order valence-corrected chi connectivity index (χ3v) is 5.73. The van der Waals surface area contributed by atoms with Gasteiger partial charge in [0.2, 0.25) is 0 Å². The van der Waals surface area contributed by atoms with Crippen molar-refractivity contribution in [2.24, 2.45) is 0 Å². The van der Waals surface area contributed by atoms with Crippen molar-refractivity contribution in [3.63, 3.8) is 0 Å². The van der Waals surface area contributed by atoms with Crippen molar-refractivity contribution in [1.29, 1.82) is 0 Å². The Hall–Kier alpha value is -2.91. The Balaban J connectivity index is 2.03. The van der Waals surface area contributed by atoms with Gasteiger partial charge >= 0.3 is 5.97 Å². The van der Waals surface area contributed by atoms with E-state index >= 15 is 0 Å². The predicted molar refractivity (Wildman–Crippen MR) is 111 cm³/mol. The van der Waals surface area contributed by atoms with Gasteiger partial charge in [-0.3, -0.25) is 9.69 Å². The Morgan fingerprint density at radius 1 is 0.821 bits per heavy atom. The zero-order chi connectivity index (χ0) is 19.4. The number of hydrogen-bond donors (Lipinski definition) is 0. The summed E-state index contributed by atoms with van der Waals surface area (Å²) in [6.45, 7) is 0.832. The Labute approximate surface area is 166 Å². The molecule has 0 aromatic heterocycles. The van der Waals surface area contributed by atoms with Gasteiger partial charge in [-0.15, -0.1) is 0 Å². The fourth-order valence-electron chi connectivity index (χ4n) is 4.58. The van der Waals surface area contributed by atoms with Crippen LogP contribution in [0.3, 0.4) is 0 Å². The zero-order valence-corrected chi connectivity index (χ0v) is 16.1. The number of nitrogens with zero attached hydrogens (tertiary/aromatic N) is 1. The number of hydrogen-bond acceptors (Lipinski definition) is 3. The average molecular weight is 371 g/mol. The van der Waals surface area contributed by atoms with Crippen molar-refractivity contribution in [2.45, 2.75) is 24.4 Å². The SMILES string of the molecule is COC(=O)[C@H]1CCCN1C(c1ccccc1)(c1ccccc1)c1ccccc1. The van der Waals surface area contributed by atoms with Gasteiger partial charge in [-0.25, -0.2) is 0 Å². The van der Waals surface area contributed by atoms with Crippen molar-refractivity contribution >= 4 is 5.97 Å². The Morgan fingerprint density at radius 2 is 1.25 bits per heavy atom. The first kappa shape index (κ1) is 18.5. The quantitative estimate of drug-likeness (QED) is 0.484. The summed E-state index contributed by atoms with van der Waals surface area (Å²) >= 11 is 0. The van der Waals surface area contributed by atoms with Crippen LogP contribution in [0.1, 0.15) is 29.5 Å². The summed E-state index contributed by atoms with van der Waals surface area (Å²) in [6.07, 6.45) is 1.77. The predicted octanol–water partition coefficient (Wildman–Crippen LogP) is 4.62. The minimum Gasteiger partial charge on any atom is -0.468 e. The number of likely N-dealkylation sites (tertiary alicyclic amines) is 1. The van der Waals surface area contributed by atoms with Gasteiger partial charge in [0.1, 0.15) is 6.04 Å². The first-order chi connectivity index (χ1) is 13.8. The van der Waals surface area contributed by atoms with Gasteiger partial charge in [0, 0.05) is 6.54 Å². The molecule has 3 nitrogen and oxygen atoms in total. The molecular weight excluding hydrogens is 346 g/mol. The molecule has 0 bridgehead atoms. The summed E-state index contributed by atoms with van der Waals surface area (Å²) in [5.74, 6) is -0.162. The summed E-state index contributed by atoms with van der Waals surface area (Å²) in [4.78, 5) is 15.0. The number of carbonyl (C=O) groups is 1. The highest BCUT2D eigenvalue weighted by atomic mass is 16.5. The molecule has 4 rings (SSSR count). The Morgan fingerprint density at radius 3 is 1.64 bits per heavy atom. The van der Waals surface area contributed by atoms with Crippen LogP contribution in [0.15, 0.2) is 91.0 Å². The van der Waals surface area contributed by atoms with Crippen LogP contribution < -0.4 is 0 Å². The van der Waals surface area contributed by atoms with E-state index in [1.165, 1.54) is 7.11 Å². The molecular formula is C25H25NO2. The van der Waals surface area contributed by atoms with Crippen LogP contribution in [0, 0.1) is 0 Å². The van der Waals surface area contributed by atoms with Crippen LogP contribution in [-0.4, -0.2) is 30.6 Å². The van der Waals surface area contributed by atoms with Crippen molar-refractivity contribution in [1.82, 2.24) is 4.90 Å². The van der Waals surface area contributed by atoms with Crippen molar-refractivity contribution < 1.29 is 9.53 Å². The third-order valence-electron chi connectivity index (χ3n) is 5.73. The van der Waals surface area contributed by atoms with E-state index in [0.717, 1.165) is 36.1 Å². The van der Waals surface area contributed by atoms with Gasteiger partial charge in [-0.2, -0.15) is 0 Å². The summed E-state index contributed by atoms with van der Waals surface area (Å²) in [6, 6.07) is 31.2. The van der Waals surface area contributed by atoms with Gasteiger partial charge < -0.3 is 4.74 Å². The van der Waals surface area contributed by atoms with Gasteiger partial charge in [-0.1, -0.05) is 91.0 Å². The maximum absolute atomic E-state index is 12.7. The number of benzene rings is 3. The summed E-state index contributed by atoms with van der Waals surface area (Å²) in [5, 5.41) is 0. The molecule has 1 heterocycles. The average Bonchev–Trinajstić information content (AvgIpc) is 3.26. The lowest BCUT2D eigenvalue weighted by Crippen LogP contribution is -2.53. The van der Waals surface area contributed by atoms with E-state index in [-0.39, 0.29) is 12.0 Å². The molecule has 1 saturated heterocycles. The lowest BCUT2D eigenvalue weighted by atomic mass is 9.75. The van der Waals surface area contributed by atoms with E-state index in [4.69, 9.17) is 4.74 Å². The van der Waals surface area contributed by atoms with E-state index in [9.17, 15) is 4.79 Å². The molecule has 3 aromatic rings. The van der Waals surface area contributed by atoms with E-state index in [1.54, 1.807) is 0 Å². The molecule has 0 N–H and O–H groups in total. The van der Waals surface area contributed by atoms with E-state index < -0.39 is 5.54 Å². The lowest BCUT2D eigenvalue weighted by Gasteiger charge is -2.45. The molecule has 0 amide bonds. The maximum Gasteiger partial charge on any atom is 0.323 e. The second-order valence-electron chi connectivity index (χ2n) is 7.18. The van der Waals surface area contributed by atoms with E-state index in [2.05, 4.69) is 77.7 Å². The molecule has 0 unspecified atom stereocenters. The smallest absolute Gasteiger partial charge is 0.323 e. The molecule has 3 aromatic carbocycles. The van der Waals surface area contributed by atoms with Crippen LogP contribution in [0.4, 0.5) is 0 Å². The highest BCUT2D eigenvalue weighted by molar-refractivity contribution is 5.76. The minimum atomic E-state index is -0.556. The Kier molecular flexibility index (Phi) is 5.27. The van der Waals surface area contributed by atoms with Gasteiger partial charge in [-0.05, 0) is 29.5 Å². The van der Waals surface area contributed by atoms with Gasteiger partial charge in [0.05, 0.1) is 12.6 Å². The number of esters is 1. The molecule has 142 valence electrons. The van der Waals surface area contributed by atoms with Crippen molar-refractivity contribution in [3.8, 4) is 0 Å². The topological polar surface area (TPSA) is 29.5 Å². The zero-order valence-electron chi connectivity index (χ0n) is 16.1. The first-order valence-electron chi connectivity index (χ1n) is 9.79. The molecule has 1 atom stereocenters. The lowest BCUT2D eigenvalue weighted by molar-refractivity contribution is -0.147. The monoisotopic (exact) mass is 371 g/mol. The first-order valence-corrected chi connectivity index (χ1v) is 9.79. The molecule has 1 aliphatic rings. The minimum absolute atomic E-state index is 0.162. The summed E-state index contributed by atoms with van der Waals surface area (Å²) in [5.41, 5.74) is 2.91. The maximum atomic E-state index is 12.7. The molecule has 1 aliphatic heterocycles. The summed E-state index contributed by atoms with van der Waals surface area (Å²) in [7, 11) is 1.48. The van der Waals surface area contributed by atoms with Crippen LogP contribution in [0.25, 0.3) is 0 Å². The highest BCUT2D eigenvalue weighted by Crippen LogP contribution is 2.45. The molecule has 0 radical (unpaired) electrons. The van der Waals surface area contributed by atoms with Crippen molar-refractivity contribution in [3.05, 3.63) is 108 Å². The van der Waals surface area contributed by atoms with Crippen LogP contribution in [0.5, 0.6) is 0 Å². The largest absolute Gasteiger partial charge is 0.468 e. The van der Waals surface area contributed by atoms with Crippen molar-refractivity contribution in [2.75, 3.05) is 13.7 Å². The molecule has 28 heavy (non-hydrogen) atoms. The fourth-order valence-corrected chi connectivity index (χ4v) is 4.58. The van der Waals surface area contributed by atoms with E-state index in [1.807, 2.05) is 18.2 Å². The normalized spacial score (nSPS) is 17.4. The highest BCUT2D eigenvalue weighted by Gasteiger charge is 2.49. The van der Waals surface area contributed by atoms with Crippen LogP contribution in [-0.2, 0) is 15.1 Å². The molecule has 0 saturated carbocycles. The van der Waals surface area contributed by atoms with Crippen LogP contribution in [0.2, 0.25) is 0 Å². The fraction of sp³-hybridized carbons (Fsp3) is 0.240. The van der Waals surface area contributed by atoms with E-state index in [0.29, 0.717) is 0 Å². The van der Waals surface area contributed by atoms with Gasteiger partial charge in [0.15, 0.2) is 0 Å². The molecule has 0 spiro atoms. The number of rotatable bonds is 5. The number of carbonyl (C=O) groups excluding carboxylic acids is 1.